The van der Waals surface area contributed by atoms with Crippen LogP contribution in [0.5, 0.6) is 0 Å². The molecule has 2 heterocycles. The molecule has 0 aliphatic rings. The van der Waals surface area contributed by atoms with E-state index < -0.39 is 5.82 Å². The van der Waals surface area contributed by atoms with Crippen LogP contribution < -0.4 is 5.32 Å². The van der Waals surface area contributed by atoms with Crippen molar-refractivity contribution in [2.75, 3.05) is 13.7 Å². The standard InChI is InChI=1S/C16H15ClFN3O2S/c1-23-8-15-21-7-14(24-15)16(22)19-3-2-9-6-20-13-5-12(18)11(17)4-10(9)13/h4-7,20H,2-3,8H2,1H3,(H,19,22). The summed E-state index contributed by atoms with van der Waals surface area (Å²) in [5, 5.41) is 4.56. The Morgan fingerprint density at radius 3 is 3.12 bits per heavy atom. The molecule has 0 aliphatic carbocycles. The molecule has 8 heteroatoms. The number of ether oxygens (including phenoxy) is 1. The lowest BCUT2D eigenvalue weighted by molar-refractivity contribution is 0.0958. The second-order valence-corrected chi connectivity index (χ2v) is 6.71. The number of halogens is 2. The number of nitrogens with one attached hydrogen (secondary N) is 2. The number of carbonyl (C=O) groups is 1. The van der Waals surface area contributed by atoms with Gasteiger partial charge in [0.25, 0.3) is 5.91 Å². The minimum atomic E-state index is -0.456. The minimum absolute atomic E-state index is 0.0859. The van der Waals surface area contributed by atoms with Crippen molar-refractivity contribution in [3.05, 3.63) is 50.8 Å². The Hall–Kier alpha value is -1.96. The third-order valence-corrected chi connectivity index (χ3v) is 4.79. The average molecular weight is 368 g/mol. The van der Waals surface area contributed by atoms with E-state index in [2.05, 4.69) is 15.3 Å². The smallest absolute Gasteiger partial charge is 0.263 e. The van der Waals surface area contributed by atoms with Crippen molar-refractivity contribution in [3.63, 3.8) is 0 Å². The molecule has 126 valence electrons. The molecule has 3 rings (SSSR count). The topological polar surface area (TPSA) is 67.0 Å². The van der Waals surface area contributed by atoms with Gasteiger partial charge in [0.05, 0.1) is 17.8 Å². The van der Waals surface area contributed by atoms with Gasteiger partial charge in [-0.15, -0.1) is 11.3 Å². The normalized spacial score (nSPS) is 11.1. The fraction of sp³-hybridized carbons (Fsp3) is 0.250. The van der Waals surface area contributed by atoms with Gasteiger partial charge in [-0.2, -0.15) is 0 Å². The number of thiazole rings is 1. The largest absolute Gasteiger partial charge is 0.378 e. The number of methoxy groups -OCH3 is 1. The van der Waals surface area contributed by atoms with Crippen LogP contribution >= 0.6 is 22.9 Å². The van der Waals surface area contributed by atoms with Gasteiger partial charge in [0.15, 0.2) is 0 Å². The van der Waals surface area contributed by atoms with E-state index in [0.717, 1.165) is 16.0 Å². The van der Waals surface area contributed by atoms with Crippen molar-refractivity contribution in [2.45, 2.75) is 13.0 Å². The number of aromatic nitrogens is 2. The molecule has 0 radical (unpaired) electrons. The number of carbonyl (C=O) groups excluding carboxylic acids is 1. The number of hydrogen-bond acceptors (Lipinski definition) is 4. The first-order valence-corrected chi connectivity index (χ1v) is 8.44. The van der Waals surface area contributed by atoms with Crippen LogP contribution in [0.1, 0.15) is 20.2 Å². The molecule has 2 N–H and O–H groups in total. The number of fused-ring (bicyclic) bond motifs is 1. The van der Waals surface area contributed by atoms with Gasteiger partial charge < -0.3 is 15.0 Å². The summed E-state index contributed by atoms with van der Waals surface area (Å²) in [6, 6.07) is 2.97. The van der Waals surface area contributed by atoms with Gasteiger partial charge in [0, 0.05) is 30.8 Å². The molecule has 5 nitrogen and oxygen atoms in total. The number of rotatable bonds is 6. The number of benzene rings is 1. The second-order valence-electron chi connectivity index (χ2n) is 5.18. The van der Waals surface area contributed by atoms with Crippen molar-refractivity contribution in [1.82, 2.24) is 15.3 Å². The van der Waals surface area contributed by atoms with Crippen molar-refractivity contribution < 1.29 is 13.9 Å². The SMILES string of the molecule is COCc1ncc(C(=O)NCCc2c[nH]c3cc(F)c(Cl)cc23)s1. The summed E-state index contributed by atoms with van der Waals surface area (Å²) in [6.07, 6.45) is 3.95. The van der Waals surface area contributed by atoms with Crippen molar-refractivity contribution >= 4 is 39.7 Å². The first-order chi connectivity index (χ1) is 11.6. The van der Waals surface area contributed by atoms with E-state index in [1.54, 1.807) is 25.6 Å². The highest BCUT2D eigenvalue weighted by molar-refractivity contribution is 7.13. The minimum Gasteiger partial charge on any atom is -0.378 e. The van der Waals surface area contributed by atoms with E-state index in [1.165, 1.54) is 17.4 Å². The molecule has 3 aromatic rings. The zero-order valence-corrected chi connectivity index (χ0v) is 14.4. The summed E-state index contributed by atoms with van der Waals surface area (Å²) in [7, 11) is 1.58. The summed E-state index contributed by atoms with van der Waals surface area (Å²) in [4.78, 5) is 19.8. The third-order valence-electron chi connectivity index (χ3n) is 3.53. The fourth-order valence-corrected chi connectivity index (χ4v) is 3.35. The van der Waals surface area contributed by atoms with E-state index in [0.29, 0.717) is 30.0 Å². The van der Waals surface area contributed by atoms with Gasteiger partial charge in [0.1, 0.15) is 15.7 Å². The highest BCUT2D eigenvalue weighted by Gasteiger charge is 2.12. The molecule has 0 atom stereocenters. The van der Waals surface area contributed by atoms with Gasteiger partial charge >= 0.3 is 0 Å². The number of aromatic amines is 1. The second kappa shape index (κ2) is 7.29. The average Bonchev–Trinajstić information content (AvgIpc) is 3.16. The Kier molecular flexibility index (Phi) is 5.13. The molecule has 0 bridgehead atoms. The maximum atomic E-state index is 13.4. The molecule has 2 aromatic heterocycles. The molecule has 1 aromatic carbocycles. The summed E-state index contributed by atoms with van der Waals surface area (Å²) in [5.41, 5.74) is 1.65. The van der Waals surface area contributed by atoms with Crippen molar-refractivity contribution in [3.8, 4) is 0 Å². The zero-order chi connectivity index (χ0) is 17.1. The van der Waals surface area contributed by atoms with Gasteiger partial charge in [-0.1, -0.05) is 11.6 Å². The van der Waals surface area contributed by atoms with Crippen LogP contribution in [0.25, 0.3) is 10.9 Å². The maximum Gasteiger partial charge on any atom is 0.263 e. The third kappa shape index (κ3) is 3.58. The predicted molar refractivity (Wildman–Crippen MR) is 92.1 cm³/mol. The van der Waals surface area contributed by atoms with E-state index in [-0.39, 0.29) is 10.9 Å². The number of hydrogen-bond donors (Lipinski definition) is 2. The Balaban J connectivity index is 1.61. The van der Waals surface area contributed by atoms with Crippen molar-refractivity contribution in [2.24, 2.45) is 0 Å². The summed E-state index contributed by atoms with van der Waals surface area (Å²) >= 11 is 7.14. The Morgan fingerprint density at radius 1 is 1.50 bits per heavy atom. The van der Waals surface area contributed by atoms with Crippen LogP contribution in [0.15, 0.2) is 24.5 Å². The van der Waals surface area contributed by atoms with Gasteiger partial charge in [-0.25, -0.2) is 9.37 Å². The number of H-pyrrole nitrogens is 1. The van der Waals surface area contributed by atoms with E-state index >= 15 is 0 Å². The van der Waals surface area contributed by atoms with Crippen LogP contribution in [0.2, 0.25) is 5.02 Å². The zero-order valence-electron chi connectivity index (χ0n) is 12.9. The Labute approximate surface area is 146 Å². The van der Waals surface area contributed by atoms with Crippen LogP contribution in [0.3, 0.4) is 0 Å². The highest BCUT2D eigenvalue weighted by Crippen LogP contribution is 2.25. The molecule has 0 unspecified atom stereocenters. The lowest BCUT2D eigenvalue weighted by Crippen LogP contribution is -2.24. The summed E-state index contributed by atoms with van der Waals surface area (Å²) < 4.78 is 18.4. The number of amides is 1. The van der Waals surface area contributed by atoms with Gasteiger partial charge in [-0.3, -0.25) is 4.79 Å². The first-order valence-electron chi connectivity index (χ1n) is 7.25. The van der Waals surface area contributed by atoms with Crippen LogP contribution in [-0.2, 0) is 17.8 Å². The molecule has 0 fully saturated rings. The van der Waals surface area contributed by atoms with Gasteiger partial charge in [-0.05, 0) is 24.1 Å². The van der Waals surface area contributed by atoms with Crippen LogP contribution in [-0.4, -0.2) is 29.5 Å². The molecule has 0 aliphatic heterocycles. The molecule has 0 saturated heterocycles. The summed E-state index contributed by atoms with van der Waals surface area (Å²) in [5.74, 6) is -0.623. The first kappa shape index (κ1) is 16.9. The van der Waals surface area contributed by atoms with E-state index in [1.807, 2.05) is 0 Å². The van der Waals surface area contributed by atoms with E-state index in [9.17, 15) is 9.18 Å². The Morgan fingerprint density at radius 2 is 2.33 bits per heavy atom. The lowest BCUT2D eigenvalue weighted by atomic mass is 10.1. The number of nitrogens with zero attached hydrogens (tertiary/aromatic N) is 1. The molecule has 0 spiro atoms. The Bertz CT molecular complexity index is 877. The van der Waals surface area contributed by atoms with Crippen LogP contribution in [0.4, 0.5) is 4.39 Å². The van der Waals surface area contributed by atoms with Crippen LogP contribution in [0, 0.1) is 5.82 Å². The molecule has 1 amide bonds. The quantitative estimate of drug-likeness (QED) is 0.700. The highest BCUT2D eigenvalue weighted by atomic mass is 35.5. The lowest BCUT2D eigenvalue weighted by Gasteiger charge is -2.03. The van der Waals surface area contributed by atoms with E-state index in [4.69, 9.17) is 16.3 Å². The fourth-order valence-electron chi connectivity index (χ4n) is 2.38. The maximum absolute atomic E-state index is 13.4. The van der Waals surface area contributed by atoms with Crippen molar-refractivity contribution in [1.29, 1.82) is 0 Å². The monoisotopic (exact) mass is 367 g/mol. The summed E-state index contributed by atoms with van der Waals surface area (Å²) in [6.45, 7) is 0.850. The molecular weight excluding hydrogens is 353 g/mol. The van der Waals surface area contributed by atoms with Gasteiger partial charge in [0.2, 0.25) is 0 Å². The molecule has 0 saturated carbocycles. The molecule has 24 heavy (non-hydrogen) atoms. The predicted octanol–water partition coefficient (Wildman–Crippen LogP) is 3.54. The molecular formula is C16H15ClFN3O2S.